The average molecular weight is 244 g/mol. The summed E-state index contributed by atoms with van der Waals surface area (Å²) >= 11 is 1.44. The molecule has 0 N–H and O–H groups in total. The van der Waals surface area contributed by atoms with E-state index in [2.05, 4.69) is 0 Å². The summed E-state index contributed by atoms with van der Waals surface area (Å²) in [5, 5.41) is 0. The minimum atomic E-state index is -2.96. The molecule has 1 fully saturated rings. The Bertz CT molecular complexity index is 485. The van der Waals surface area contributed by atoms with Gasteiger partial charge in [0.25, 0.3) is 0 Å². The predicted molar refractivity (Wildman–Crippen MR) is 60.1 cm³/mol. The summed E-state index contributed by atoms with van der Waals surface area (Å²) in [6.07, 6.45) is 0.484. The molecule has 0 aromatic carbocycles. The van der Waals surface area contributed by atoms with Crippen LogP contribution in [-0.2, 0) is 9.84 Å². The smallest absolute Gasteiger partial charge is 0.176 e. The van der Waals surface area contributed by atoms with E-state index in [1.807, 2.05) is 13.0 Å². The largest absolute Gasteiger partial charge is 0.293 e. The van der Waals surface area contributed by atoms with Gasteiger partial charge in [0, 0.05) is 10.8 Å². The Labute approximate surface area is 93.0 Å². The van der Waals surface area contributed by atoms with Crippen molar-refractivity contribution in [2.24, 2.45) is 5.92 Å². The molecule has 5 heteroatoms. The average Bonchev–Trinajstić information content (AvgIpc) is 2.71. The molecule has 0 spiro atoms. The van der Waals surface area contributed by atoms with Crippen molar-refractivity contribution in [1.29, 1.82) is 0 Å². The molecule has 2 rings (SSSR count). The van der Waals surface area contributed by atoms with Gasteiger partial charge >= 0.3 is 0 Å². The highest BCUT2D eigenvalue weighted by Crippen LogP contribution is 2.26. The molecule has 1 aromatic rings. The molecule has 0 saturated carbocycles. The Morgan fingerprint density at radius 2 is 2.20 bits per heavy atom. The van der Waals surface area contributed by atoms with Crippen molar-refractivity contribution in [3.8, 4) is 0 Å². The lowest BCUT2D eigenvalue weighted by Crippen LogP contribution is -2.14. The molecule has 0 amide bonds. The number of carbonyl (C=O) groups excluding carboxylic acids is 1. The van der Waals surface area contributed by atoms with E-state index in [9.17, 15) is 13.2 Å². The fraction of sp³-hybridized carbons (Fsp3) is 0.500. The van der Waals surface area contributed by atoms with Crippen molar-refractivity contribution in [2.75, 3.05) is 11.5 Å². The monoisotopic (exact) mass is 244 g/mol. The highest BCUT2D eigenvalue weighted by Gasteiger charge is 2.33. The molecule has 0 radical (unpaired) electrons. The van der Waals surface area contributed by atoms with Crippen molar-refractivity contribution in [3.63, 3.8) is 0 Å². The summed E-state index contributed by atoms with van der Waals surface area (Å²) in [5.41, 5.74) is 0. The molecular formula is C10H12O3S2. The highest BCUT2D eigenvalue weighted by molar-refractivity contribution is 7.91. The molecule has 1 aliphatic rings. The number of aryl methyl sites for hydroxylation is 1. The minimum absolute atomic E-state index is 0.00539. The van der Waals surface area contributed by atoms with Crippen LogP contribution < -0.4 is 0 Å². The first-order valence-electron chi connectivity index (χ1n) is 4.79. The highest BCUT2D eigenvalue weighted by atomic mass is 32.2. The molecule has 1 aromatic heterocycles. The maximum atomic E-state index is 11.9. The van der Waals surface area contributed by atoms with Crippen LogP contribution in [0.4, 0.5) is 0 Å². The lowest BCUT2D eigenvalue weighted by molar-refractivity contribution is 0.0937. The topological polar surface area (TPSA) is 51.2 Å². The van der Waals surface area contributed by atoms with E-state index in [1.165, 1.54) is 11.3 Å². The van der Waals surface area contributed by atoms with Crippen LogP contribution in [0.3, 0.4) is 0 Å². The molecule has 1 aliphatic heterocycles. The fourth-order valence-corrected chi connectivity index (χ4v) is 4.40. The first kappa shape index (κ1) is 10.8. The Hall–Kier alpha value is -0.680. The first-order chi connectivity index (χ1) is 6.98. The van der Waals surface area contributed by atoms with Gasteiger partial charge in [-0.3, -0.25) is 4.79 Å². The number of hydrogen-bond acceptors (Lipinski definition) is 4. The van der Waals surface area contributed by atoms with Crippen LogP contribution in [-0.4, -0.2) is 25.7 Å². The molecule has 82 valence electrons. The zero-order valence-electron chi connectivity index (χ0n) is 8.39. The van der Waals surface area contributed by atoms with Crippen LogP contribution >= 0.6 is 11.3 Å². The number of thiophene rings is 1. The predicted octanol–water partition coefficient (Wildman–Crippen LogP) is 1.67. The Morgan fingerprint density at radius 3 is 2.67 bits per heavy atom. The quantitative estimate of drug-likeness (QED) is 0.744. The second kappa shape index (κ2) is 3.72. The van der Waals surface area contributed by atoms with Gasteiger partial charge in [-0.2, -0.15) is 0 Å². The van der Waals surface area contributed by atoms with Gasteiger partial charge in [0.05, 0.1) is 16.4 Å². The lowest BCUT2D eigenvalue weighted by Gasteiger charge is -2.03. The molecular weight excluding hydrogens is 232 g/mol. The van der Waals surface area contributed by atoms with E-state index in [4.69, 9.17) is 0 Å². The Kier molecular flexibility index (Phi) is 2.68. The fourth-order valence-electron chi connectivity index (χ4n) is 1.77. The van der Waals surface area contributed by atoms with Crippen molar-refractivity contribution in [1.82, 2.24) is 0 Å². The van der Waals surface area contributed by atoms with Crippen LogP contribution in [0.25, 0.3) is 0 Å². The third-order valence-corrected chi connectivity index (χ3v) is 5.37. The zero-order valence-corrected chi connectivity index (χ0v) is 10.0. The summed E-state index contributed by atoms with van der Waals surface area (Å²) in [4.78, 5) is 13.7. The van der Waals surface area contributed by atoms with Crippen LogP contribution in [0.5, 0.6) is 0 Å². The Balaban J connectivity index is 2.17. The van der Waals surface area contributed by atoms with E-state index < -0.39 is 9.84 Å². The molecule has 1 atom stereocenters. The zero-order chi connectivity index (χ0) is 11.1. The number of rotatable bonds is 2. The van der Waals surface area contributed by atoms with E-state index in [0.29, 0.717) is 11.3 Å². The van der Waals surface area contributed by atoms with E-state index in [0.717, 1.165) is 4.88 Å². The molecule has 15 heavy (non-hydrogen) atoms. The minimum Gasteiger partial charge on any atom is -0.293 e. The molecule has 0 bridgehead atoms. The van der Waals surface area contributed by atoms with Gasteiger partial charge in [-0.05, 0) is 25.5 Å². The van der Waals surface area contributed by atoms with Crippen LogP contribution in [0.1, 0.15) is 21.0 Å². The second-order valence-electron chi connectivity index (χ2n) is 3.87. The number of Topliss-reactive ketones (excluding diaryl/α,β-unsaturated/α-hetero) is 1. The van der Waals surface area contributed by atoms with Gasteiger partial charge in [-0.15, -0.1) is 11.3 Å². The van der Waals surface area contributed by atoms with Crippen molar-refractivity contribution in [2.45, 2.75) is 13.3 Å². The molecule has 1 unspecified atom stereocenters. The summed E-state index contributed by atoms with van der Waals surface area (Å²) in [7, 11) is -2.96. The van der Waals surface area contributed by atoms with Crippen molar-refractivity contribution < 1.29 is 13.2 Å². The molecule has 2 heterocycles. The summed E-state index contributed by atoms with van der Waals surface area (Å²) in [5.74, 6) is -0.126. The normalized spacial score (nSPS) is 24.2. The SMILES string of the molecule is Cc1ccc(C(=O)C2CCS(=O)(=O)C2)s1. The second-order valence-corrected chi connectivity index (χ2v) is 7.39. The first-order valence-corrected chi connectivity index (χ1v) is 7.43. The van der Waals surface area contributed by atoms with Crippen molar-refractivity contribution in [3.05, 3.63) is 21.9 Å². The molecule has 1 saturated heterocycles. The van der Waals surface area contributed by atoms with E-state index in [1.54, 1.807) is 6.07 Å². The number of carbonyl (C=O) groups is 1. The van der Waals surface area contributed by atoms with Gasteiger partial charge in [0.1, 0.15) is 0 Å². The van der Waals surface area contributed by atoms with Crippen LogP contribution in [0.15, 0.2) is 12.1 Å². The third-order valence-electron chi connectivity index (χ3n) is 2.59. The molecule has 0 aliphatic carbocycles. The van der Waals surface area contributed by atoms with E-state index in [-0.39, 0.29) is 23.2 Å². The Morgan fingerprint density at radius 1 is 1.47 bits per heavy atom. The maximum absolute atomic E-state index is 11.9. The third kappa shape index (κ3) is 2.29. The number of sulfone groups is 1. The van der Waals surface area contributed by atoms with Gasteiger partial charge in [0.15, 0.2) is 15.6 Å². The van der Waals surface area contributed by atoms with Crippen molar-refractivity contribution >= 4 is 27.0 Å². The van der Waals surface area contributed by atoms with Crippen LogP contribution in [0, 0.1) is 12.8 Å². The summed E-state index contributed by atoms with van der Waals surface area (Å²) in [6.45, 7) is 1.94. The number of ketones is 1. The number of hydrogen-bond donors (Lipinski definition) is 0. The molecule has 3 nitrogen and oxygen atoms in total. The van der Waals surface area contributed by atoms with Gasteiger partial charge < -0.3 is 0 Å². The lowest BCUT2D eigenvalue weighted by atomic mass is 10.0. The van der Waals surface area contributed by atoms with E-state index >= 15 is 0 Å². The summed E-state index contributed by atoms with van der Waals surface area (Å²) < 4.78 is 22.5. The van der Waals surface area contributed by atoms with Gasteiger partial charge in [-0.25, -0.2) is 8.42 Å². The maximum Gasteiger partial charge on any atom is 0.176 e. The van der Waals surface area contributed by atoms with Gasteiger partial charge in [0.2, 0.25) is 0 Å². The van der Waals surface area contributed by atoms with Gasteiger partial charge in [-0.1, -0.05) is 0 Å². The summed E-state index contributed by atoms with van der Waals surface area (Å²) in [6, 6.07) is 3.68. The van der Waals surface area contributed by atoms with Crippen LogP contribution in [0.2, 0.25) is 0 Å². The standard InChI is InChI=1S/C10H12O3S2/c1-7-2-3-9(14-7)10(11)8-4-5-15(12,13)6-8/h2-3,8H,4-6H2,1H3.